The van der Waals surface area contributed by atoms with Gasteiger partial charge < -0.3 is 14.8 Å². The van der Waals surface area contributed by atoms with Gasteiger partial charge in [-0.25, -0.2) is 18.8 Å². The summed E-state index contributed by atoms with van der Waals surface area (Å²) >= 11 is 0. The number of carbonyl (C=O) groups is 1. The van der Waals surface area contributed by atoms with Gasteiger partial charge >= 0.3 is 6.03 Å². The van der Waals surface area contributed by atoms with E-state index < -0.39 is 15.9 Å². The fourth-order valence-electron chi connectivity index (χ4n) is 4.52. The number of anilines is 1. The number of nitrogens with one attached hydrogen (secondary N) is 1. The predicted molar refractivity (Wildman–Crippen MR) is 118 cm³/mol. The van der Waals surface area contributed by atoms with Crippen molar-refractivity contribution < 1.29 is 18.5 Å². The van der Waals surface area contributed by atoms with Crippen LogP contribution in [-0.2, 0) is 34.0 Å². The van der Waals surface area contributed by atoms with Gasteiger partial charge in [0.25, 0.3) is 0 Å². The summed E-state index contributed by atoms with van der Waals surface area (Å²) in [6.45, 7) is 5.19. The molecule has 2 aromatic heterocycles. The highest BCUT2D eigenvalue weighted by Crippen LogP contribution is 2.44. The van der Waals surface area contributed by atoms with E-state index in [4.69, 9.17) is 19.6 Å². The van der Waals surface area contributed by atoms with Crippen molar-refractivity contribution in [3.05, 3.63) is 28.7 Å². The molecule has 0 bridgehead atoms. The molecule has 0 aromatic carbocycles. The minimum atomic E-state index is -3.55. The minimum absolute atomic E-state index is 0.109. The Labute approximate surface area is 187 Å². The zero-order chi connectivity index (χ0) is 22.5. The standard InChI is InChI=1S/C21H28N6O4S/c1-3-30-14-10-27-20(31-11-14)17(9-23-27)32(22,29)26-21(28)25-19-12(2)18(13-7-8-13)24-16-6-4-5-15(16)19/h9,13-14H,3-8,10-11H2,1-2H3,(H3,22,24,25,26,28,29). The number of nitrogens with two attached hydrogens (primary N) is 1. The molecule has 3 N–H and O–H groups in total. The normalized spacial score (nSPS) is 21.3. The predicted octanol–water partition coefficient (Wildman–Crippen LogP) is 2.68. The molecule has 172 valence electrons. The lowest BCUT2D eigenvalue weighted by molar-refractivity contribution is -0.00758. The number of carbonyl (C=O) groups excluding carboxylic acids is 1. The zero-order valence-corrected chi connectivity index (χ0v) is 19.1. The second-order valence-corrected chi connectivity index (χ2v) is 10.3. The van der Waals surface area contributed by atoms with Crippen LogP contribution in [-0.4, -0.2) is 44.3 Å². The molecule has 3 heterocycles. The number of hydrogen-bond acceptors (Lipinski definition) is 6. The molecule has 1 aliphatic heterocycles. The van der Waals surface area contributed by atoms with Crippen molar-refractivity contribution in [2.45, 2.75) is 69.4 Å². The second kappa shape index (κ2) is 8.13. The quantitative estimate of drug-likeness (QED) is 0.705. The average Bonchev–Trinajstić information content (AvgIpc) is 3.31. The van der Waals surface area contributed by atoms with Gasteiger partial charge in [-0.3, -0.25) is 4.98 Å². The highest BCUT2D eigenvalue weighted by molar-refractivity contribution is 7.91. The van der Waals surface area contributed by atoms with Crippen LogP contribution in [0.25, 0.3) is 0 Å². The van der Waals surface area contributed by atoms with Crippen LogP contribution in [0.5, 0.6) is 5.88 Å². The van der Waals surface area contributed by atoms with E-state index >= 15 is 0 Å². The highest BCUT2D eigenvalue weighted by Gasteiger charge is 2.32. The summed E-state index contributed by atoms with van der Waals surface area (Å²) in [5.74, 6) is 0.728. The van der Waals surface area contributed by atoms with E-state index in [1.54, 1.807) is 4.68 Å². The van der Waals surface area contributed by atoms with Gasteiger partial charge in [0.2, 0.25) is 5.88 Å². The van der Waals surface area contributed by atoms with E-state index in [2.05, 4.69) is 14.8 Å². The third kappa shape index (κ3) is 3.89. The van der Waals surface area contributed by atoms with Crippen LogP contribution in [0.15, 0.2) is 15.5 Å². The molecule has 0 saturated heterocycles. The molecule has 0 spiro atoms. The molecule has 1 fully saturated rings. The van der Waals surface area contributed by atoms with Crippen molar-refractivity contribution in [1.82, 2.24) is 14.8 Å². The summed E-state index contributed by atoms with van der Waals surface area (Å²) in [5.41, 5.74) is 4.86. The maximum atomic E-state index is 13.2. The van der Waals surface area contributed by atoms with Crippen molar-refractivity contribution in [3.8, 4) is 5.88 Å². The number of pyridine rings is 1. The van der Waals surface area contributed by atoms with E-state index in [0.717, 1.165) is 60.3 Å². The molecule has 2 unspecified atom stereocenters. The van der Waals surface area contributed by atoms with Crippen LogP contribution in [0, 0.1) is 6.92 Å². The van der Waals surface area contributed by atoms with E-state index in [9.17, 15) is 9.00 Å². The van der Waals surface area contributed by atoms with E-state index in [0.29, 0.717) is 25.7 Å². The van der Waals surface area contributed by atoms with Crippen molar-refractivity contribution in [2.75, 3.05) is 18.5 Å². The third-order valence-electron chi connectivity index (χ3n) is 6.18. The van der Waals surface area contributed by atoms with E-state index in [1.807, 2.05) is 13.8 Å². The number of aromatic nitrogens is 3. The SMILES string of the molecule is CCOC1COc2c(S(N)(=O)=NC(=O)Nc3c(C)c(C4CC4)nc4c3CCC4)cnn2C1. The van der Waals surface area contributed by atoms with Crippen molar-refractivity contribution in [2.24, 2.45) is 9.50 Å². The molecular formula is C21H28N6O4S. The maximum absolute atomic E-state index is 13.2. The Balaban J connectivity index is 1.42. The minimum Gasteiger partial charge on any atom is -0.474 e. The Kier molecular flexibility index (Phi) is 5.42. The van der Waals surface area contributed by atoms with Gasteiger partial charge in [0.05, 0.1) is 18.4 Å². The van der Waals surface area contributed by atoms with Gasteiger partial charge in [0, 0.05) is 23.9 Å². The largest absolute Gasteiger partial charge is 0.474 e. The summed E-state index contributed by atoms with van der Waals surface area (Å²) in [6.07, 6.45) is 6.22. The lowest BCUT2D eigenvalue weighted by Gasteiger charge is -2.24. The molecule has 1 saturated carbocycles. The second-order valence-electron chi connectivity index (χ2n) is 8.52. The third-order valence-corrected chi connectivity index (χ3v) is 7.53. The summed E-state index contributed by atoms with van der Waals surface area (Å²) in [5, 5.41) is 13.1. The van der Waals surface area contributed by atoms with Crippen molar-refractivity contribution in [1.29, 1.82) is 0 Å². The number of fused-ring (bicyclic) bond motifs is 2. The number of ether oxygens (including phenoxy) is 2. The Bertz CT molecular complexity index is 1200. The number of amides is 2. The monoisotopic (exact) mass is 460 g/mol. The first-order chi connectivity index (χ1) is 15.4. The molecule has 10 nitrogen and oxygen atoms in total. The van der Waals surface area contributed by atoms with Gasteiger partial charge in [-0.1, -0.05) is 0 Å². The summed E-state index contributed by atoms with van der Waals surface area (Å²) in [6, 6.07) is -0.745. The number of aryl methyl sites for hydroxylation is 1. The maximum Gasteiger partial charge on any atom is 0.354 e. The van der Waals surface area contributed by atoms with E-state index in [1.165, 1.54) is 6.20 Å². The molecule has 32 heavy (non-hydrogen) atoms. The summed E-state index contributed by atoms with van der Waals surface area (Å²) in [4.78, 5) is 17.8. The van der Waals surface area contributed by atoms with Gasteiger partial charge in [-0.2, -0.15) is 5.10 Å². The topological polar surface area (TPSA) is 134 Å². The molecule has 0 radical (unpaired) electrons. The Morgan fingerprint density at radius 1 is 1.44 bits per heavy atom. The molecule has 5 rings (SSSR count). The van der Waals surface area contributed by atoms with Crippen LogP contribution >= 0.6 is 0 Å². The number of nitrogens with zero attached hydrogens (tertiary/aromatic N) is 4. The fraction of sp³-hybridized carbons (Fsp3) is 0.571. The van der Waals surface area contributed by atoms with Crippen LogP contribution in [0.3, 0.4) is 0 Å². The Hall–Kier alpha value is -2.50. The van der Waals surface area contributed by atoms with Crippen LogP contribution in [0.2, 0.25) is 0 Å². The zero-order valence-electron chi connectivity index (χ0n) is 18.3. The Morgan fingerprint density at radius 3 is 3.00 bits per heavy atom. The molecule has 2 aliphatic carbocycles. The van der Waals surface area contributed by atoms with Crippen LogP contribution < -0.4 is 15.2 Å². The first-order valence-corrected chi connectivity index (χ1v) is 12.6. The molecule has 2 amide bonds. The summed E-state index contributed by atoms with van der Waals surface area (Å²) < 4.78 is 29.8. The van der Waals surface area contributed by atoms with Crippen LogP contribution in [0.1, 0.15) is 54.6 Å². The number of urea groups is 1. The van der Waals surface area contributed by atoms with Crippen molar-refractivity contribution >= 4 is 21.6 Å². The van der Waals surface area contributed by atoms with Gasteiger partial charge in [0.1, 0.15) is 17.6 Å². The highest BCUT2D eigenvalue weighted by atomic mass is 32.2. The van der Waals surface area contributed by atoms with Gasteiger partial charge in [-0.15, -0.1) is 4.36 Å². The first kappa shape index (κ1) is 21.4. The number of hydrogen-bond donors (Lipinski definition) is 2. The van der Waals surface area contributed by atoms with Gasteiger partial charge in [-0.05, 0) is 57.1 Å². The molecule has 2 aromatic rings. The molecule has 2 atom stereocenters. The lowest BCUT2D eigenvalue weighted by atomic mass is 10.0. The molecule has 3 aliphatic rings. The van der Waals surface area contributed by atoms with Crippen molar-refractivity contribution in [3.63, 3.8) is 0 Å². The summed E-state index contributed by atoms with van der Waals surface area (Å²) in [7, 11) is -3.55. The Morgan fingerprint density at radius 2 is 2.25 bits per heavy atom. The number of rotatable bonds is 5. The average molecular weight is 461 g/mol. The lowest BCUT2D eigenvalue weighted by Crippen LogP contribution is -2.33. The molecular weight excluding hydrogens is 432 g/mol. The fourth-order valence-corrected chi connectivity index (χ4v) is 5.52. The van der Waals surface area contributed by atoms with E-state index in [-0.39, 0.29) is 16.9 Å². The van der Waals surface area contributed by atoms with Gasteiger partial charge in [0.15, 0.2) is 9.92 Å². The van der Waals surface area contributed by atoms with Crippen LogP contribution in [0.4, 0.5) is 10.5 Å². The smallest absolute Gasteiger partial charge is 0.354 e. The molecule has 11 heteroatoms. The first-order valence-electron chi connectivity index (χ1n) is 11.1.